The van der Waals surface area contributed by atoms with Gasteiger partial charge in [0, 0.05) is 10.4 Å². The van der Waals surface area contributed by atoms with Crippen LogP contribution in [0.2, 0.25) is 0 Å². The van der Waals surface area contributed by atoms with Crippen molar-refractivity contribution in [1.82, 2.24) is 0 Å². The Morgan fingerprint density at radius 1 is 1.22 bits per heavy atom. The topological polar surface area (TPSA) is 80.3 Å². The van der Waals surface area contributed by atoms with Crippen LogP contribution in [0.3, 0.4) is 0 Å². The van der Waals surface area contributed by atoms with E-state index < -0.39 is 26.9 Å². The molecular formula is Cl2O4PtSZn. The van der Waals surface area contributed by atoms with E-state index in [0.29, 0.717) is 0 Å². The van der Waals surface area contributed by atoms with E-state index in [1.807, 2.05) is 0 Å². The fraction of sp³-hybridized carbons (Fsp3) is 0. The Hall–Kier alpha value is 1.76. The van der Waals surface area contributed by atoms with Gasteiger partial charge in [0.1, 0.15) is 0 Å². The molecule has 0 rings (SSSR count). The second-order valence-corrected chi connectivity index (χ2v) is 4.55. The van der Waals surface area contributed by atoms with Crippen LogP contribution in [0, 0.1) is 0 Å². The molecule has 0 atom stereocenters. The molecule has 0 spiro atoms. The molecule has 0 N–H and O–H groups in total. The zero-order chi connectivity index (χ0) is 7.21. The van der Waals surface area contributed by atoms with Crippen LogP contribution in [0.4, 0.5) is 0 Å². The molecule has 4 nitrogen and oxygen atoms in total. The van der Waals surface area contributed by atoms with Gasteiger partial charge in [0.25, 0.3) is 0 Å². The van der Waals surface area contributed by atoms with E-state index in [4.69, 9.17) is 36.4 Å². The summed E-state index contributed by atoms with van der Waals surface area (Å²) in [7, 11) is 4.58. The van der Waals surface area contributed by atoms with Crippen LogP contribution < -0.4 is 0 Å². The first kappa shape index (κ1) is 17.0. The Kier molecular flexibility index (Phi) is 18.5. The van der Waals surface area contributed by atoms with Gasteiger partial charge in [-0.1, -0.05) is 0 Å². The van der Waals surface area contributed by atoms with Crippen LogP contribution in [-0.2, 0) is 46.4 Å². The fourth-order valence-corrected chi connectivity index (χ4v) is 0. The third-order valence-corrected chi connectivity index (χ3v) is 0. The summed E-state index contributed by atoms with van der Waals surface area (Å²) >= 11 is -0.472. The molecule has 0 heterocycles. The first-order valence-corrected chi connectivity index (χ1v) is 7.87. The first-order chi connectivity index (χ1) is 3.41. The van der Waals surface area contributed by atoms with E-state index in [2.05, 4.69) is 0 Å². The first-order valence-electron chi connectivity index (χ1n) is 0.906. The van der Waals surface area contributed by atoms with Gasteiger partial charge < -0.3 is 9.11 Å². The summed E-state index contributed by atoms with van der Waals surface area (Å²) in [6, 6.07) is 0. The molecule has 0 aromatic carbocycles. The smallest absolute Gasteiger partial charge is 2.00 e. The number of hydrogen-bond acceptors (Lipinski definition) is 4. The second-order valence-electron chi connectivity index (χ2n) is 0.453. The van der Waals surface area contributed by atoms with Crippen molar-refractivity contribution >= 4 is 29.2 Å². The Morgan fingerprint density at radius 2 is 1.22 bits per heavy atom. The van der Waals surface area contributed by atoms with E-state index in [1.165, 1.54) is 0 Å². The van der Waals surface area contributed by atoms with Crippen LogP contribution >= 0.6 is 18.8 Å². The van der Waals surface area contributed by atoms with Gasteiger partial charge in [0.15, 0.2) is 0 Å². The van der Waals surface area contributed by atoms with Crippen molar-refractivity contribution < 1.29 is 53.5 Å². The molecule has 0 amide bonds. The molecule has 0 bridgehead atoms. The number of halogens is 2. The maximum Gasteiger partial charge on any atom is 2.00 e. The van der Waals surface area contributed by atoms with Crippen LogP contribution in [0.1, 0.15) is 0 Å². The molecule has 9 heteroatoms. The molecular weight excluding hydrogens is 427 g/mol. The fourth-order valence-electron chi connectivity index (χ4n) is 0. The summed E-state index contributed by atoms with van der Waals surface area (Å²) in [5.41, 5.74) is 0. The van der Waals surface area contributed by atoms with E-state index in [1.54, 1.807) is 0 Å². The molecule has 0 unspecified atom stereocenters. The summed E-state index contributed by atoms with van der Waals surface area (Å²) in [6.07, 6.45) is 0. The molecule has 0 saturated heterocycles. The van der Waals surface area contributed by atoms with Crippen LogP contribution in [0.15, 0.2) is 0 Å². The van der Waals surface area contributed by atoms with Gasteiger partial charge in [-0.25, -0.2) is 0 Å². The van der Waals surface area contributed by atoms with Crippen molar-refractivity contribution in [3.05, 3.63) is 0 Å². The van der Waals surface area contributed by atoms with Crippen molar-refractivity contribution in [2.75, 3.05) is 0 Å². The van der Waals surface area contributed by atoms with Gasteiger partial charge in [-0.05, 0) is 0 Å². The monoisotopic (exact) mass is 425 g/mol. The van der Waals surface area contributed by atoms with E-state index >= 15 is 0 Å². The van der Waals surface area contributed by atoms with Crippen molar-refractivity contribution in [2.45, 2.75) is 0 Å². The van der Waals surface area contributed by atoms with E-state index in [-0.39, 0.29) is 19.5 Å². The minimum atomic E-state index is -5.17. The standard InChI is InChI=1S/2ClH.H2O4S.Pt.Zn/c;;1-5(2,3)4;;/h2*1H;(H2,1,2,3,4);;/q;;;2*+2/p-4. The van der Waals surface area contributed by atoms with Gasteiger partial charge in [0.05, 0.1) is 0 Å². The van der Waals surface area contributed by atoms with Crippen molar-refractivity contribution in [3.8, 4) is 0 Å². The second kappa shape index (κ2) is 9.76. The minimum absolute atomic E-state index is 0. The van der Waals surface area contributed by atoms with Gasteiger partial charge in [0.2, 0.25) is 0 Å². The Balaban J connectivity index is -0.0000000800. The molecule has 0 saturated carbocycles. The molecule has 0 aliphatic heterocycles. The molecule has 56 valence electrons. The molecule has 0 aromatic rings. The molecule has 0 aliphatic rings. The van der Waals surface area contributed by atoms with Crippen molar-refractivity contribution in [1.29, 1.82) is 0 Å². The molecule has 0 radical (unpaired) electrons. The average Bonchev–Trinajstić information content (AvgIpc) is 1.27. The maximum absolute atomic E-state index is 8.52. The van der Waals surface area contributed by atoms with Crippen LogP contribution in [0.5, 0.6) is 0 Å². The van der Waals surface area contributed by atoms with E-state index in [0.717, 1.165) is 0 Å². The molecule has 9 heavy (non-hydrogen) atoms. The SMILES string of the molecule is O=S(=O)([O-])[O-].[Cl][Pt][Cl].[Zn+2]. The summed E-state index contributed by atoms with van der Waals surface area (Å²) < 4.78 is 34.1. The maximum atomic E-state index is 8.52. The Bertz CT molecular complexity index is 113. The third-order valence-electron chi connectivity index (χ3n) is 0. The number of hydrogen-bond donors (Lipinski definition) is 0. The predicted molar refractivity (Wildman–Crippen MR) is 22.2 cm³/mol. The normalized spacial score (nSPS) is 8.89. The zero-order valence-electron chi connectivity index (χ0n) is 3.82. The molecule has 0 aliphatic carbocycles. The van der Waals surface area contributed by atoms with Gasteiger partial charge in [-0.15, -0.1) is 0 Å². The zero-order valence-corrected chi connectivity index (χ0v) is 11.4. The quantitative estimate of drug-likeness (QED) is 0.311. The van der Waals surface area contributed by atoms with Crippen LogP contribution in [0.25, 0.3) is 0 Å². The van der Waals surface area contributed by atoms with Crippen molar-refractivity contribution in [3.63, 3.8) is 0 Å². The minimum Gasteiger partial charge on any atom is 2.00 e. The van der Waals surface area contributed by atoms with E-state index in [9.17, 15) is 0 Å². The Labute approximate surface area is 82.0 Å². The summed E-state index contributed by atoms with van der Waals surface area (Å²) in [5.74, 6) is 0. The molecule has 0 fully saturated rings. The largest absolute Gasteiger partial charge is 2.00 e. The summed E-state index contributed by atoms with van der Waals surface area (Å²) in [4.78, 5) is 0. The number of rotatable bonds is 0. The van der Waals surface area contributed by atoms with Gasteiger partial charge >= 0.3 is 54.8 Å². The summed E-state index contributed by atoms with van der Waals surface area (Å²) in [5, 5.41) is 0. The third kappa shape index (κ3) is 189. The molecule has 0 aromatic heterocycles. The summed E-state index contributed by atoms with van der Waals surface area (Å²) in [6.45, 7) is 0. The predicted octanol–water partition coefficient (Wildman–Crippen LogP) is 0.0360. The van der Waals surface area contributed by atoms with Crippen LogP contribution in [-0.4, -0.2) is 17.5 Å². The van der Waals surface area contributed by atoms with Gasteiger partial charge in [-0.2, -0.15) is 0 Å². The average molecular weight is 427 g/mol. The Morgan fingerprint density at radius 3 is 1.22 bits per heavy atom. The van der Waals surface area contributed by atoms with Crippen molar-refractivity contribution in [2.24, 2.45) is 0 Å². The van der Waals surface area contributed by atoms with Gasteiger partial charge in [-0.3, -0.25) is 8.42 Å².